The Labute approximate surface area is 241 Å². The minimum absolute atomic E-state index is 0.0955. The molecule has 1 saturated carbocycles. The summed E-state index contributed by atoms with van der Waals surface area (Å²) in [5.41, 5.74) is 2.43. The van der Waals surface area contributed by atoms with Crippen molar-refractivity contribution in [3.8, 4) is 17.2 Å². The second kappa shape index (κ2) is 11.7. The molecule has 1 N–H and O–H groups in total. The zero-order valence-electron chi connectivity index (χ0n) is 23.1. The van der Waals surface area contributed by atoms with Gasteiger partial charge in [-0.2, -0.15) is 5.26 Å². The first kappa shape index (κ1) is 28.3. The van der Waals surface area contributed by atoms with Crippen LogP contribution in [-0.4, -0.2) is 35.8 Å². The van der Waals surface area contributed by atoms with Gasteiger partial charge in [-0.05, 0) is 54.2 Å². The highest BCUT2D eigenvalue weighted by Crippen LogP contribution is 2.49. The molecule has 7 nitrogen and oxygen atoms in total. The fourth-order valence-electron chi connectivity index (χ4n) is 6.02. The molecule has 0 bridgehead atoms. The molecule has 8 heteroatoms. The van der Waals surface area contributed by atoms with Crippen LogP contribution in [0.15, 0.2) is 99.4 Å². The van der Waals surface area contributed by atoms with Crippen molar-refractivity contribution in [2.45, 2.75) is 68.8 Å². The SMILES string of the molecule is CCCCC1=N/C(=C(/C#N)S(=O)(=O)c2ccccc2)C2(CCCC2)N1Cc1ccc(-c2ccccc2C(=O)O)cc1. The maximum atomic E-state index is 13.7. The third-order valence-corrected chi connectivity index (χ3v) is 9.81. The largest absolute Gasteiger partial charge is 0.478 e. The average Bonchev–Trinajstić information content (AvgIpc) is 3.59. The maximum Gasteiger partial charge on any atom is 0.336 e. The second-order valence-corrected chi connectivity index (χ2v) is 12.5. The zero-order valence-corrected chi connectivity index (χ0v) is 23.9. The molecule has 2 aliphatic rings. The standard InChI is InChI=1S/C33H33N3O4S/c1-2-3-15-30-35-31(29(22-34)41(39,40)26-11-5-4-6-12-26)33(20-9-10-21-33)36(30)23-24-16-18-25(19-17-24)27-13-7-8-14-28(27)32(37)38/h4-8,11-14,16-19H,2-3,9-10,15,20-21,23H2,1H3,(H,37,38)/b31-29-. The van der Waals surface area contributed by atoms with Gasteiger partial charge in [-0.1, -0.05) is 86.8 Å². The summed E-state index contributed by atoms with van der Waals surface area (Å²) in [5.74, 6) is -0.153. The fraction of sp³-hybridized carbons (Fsp3) is 0.303. The summed E-state index contributed by atoms with van der Waals surface area (Å²) in [4.78, 5) is 18.8. The number of nitriles is 1. The van der Waals surface area contributed by atoms with Gasteiger partial charge in [0.05, 0.1) is 21.7 Å². The van der Waals surface area contributed by atoms with E-state index in [-0.39, 0.29) is 15.4 Å². The minimum atomic E-state index is -4.05. The van der Waals surface area contributed by atoms with Crippen LogP contribution in [0.5, 0.6) is 0 Å². The molecule has 0 aromatic heterocycles. The van der Waals surface area contributed by atoms with Gasteiger partial charge < -0.3 is 10.0 Å². The van der Waals surface area contributed by atoms with Crippen molar-refractivity contribution in [1.29, 1.82) is 5.26 Å². The van der Waals surface area contributed by atoms with E-state index in [2.05, 4.69) is 11.8 Å². The van der Waals surface area contributed by atoms with Gasteiger partial charge in [0, 0.05) is 13.0 Å². The predicted molar refractivity (Wildman–Crippen MR) is 159 cm³/mol. The number of aliphatic imine (C=N–C) groups is 1. The van der Waals surface area contributed by atoms with Gasteiger partial charge >= 0.3 is 5.97 Å². The Hall–Kier alpha value is -4.22. The summed E-state index contributed by atoms with van der Waals surface area (Å²) in [6.45, 7) is 2.62. The molecule has 0 saturated heterocycles. The molecule has 1 aliphatic carbocycles. The average molecular weight is 568 g/mol. The van der Waals surface area contributed by atoms with Crippen molar-refractivity contribution in [1.82, 2.24) is 4.90 Å². The van der Waals surface area contributed by atoms with Crippen LogP contribution in [0.25, 0.3) is 11.1 Å². The molecule has 5 rings (SSSR count). The summed E-state index contributed by atoms with van der Waals surface area (Å²) in [6.07, 6.45) is 5.84. The topological polar surface area (TPSA) is 111 Å². The summed E-state index contributed by atoms with van der Waals surface area (Å²) in [5, 5.41) is 19.9. The number of aromatic carboxylic acids is 1. The number of carboxylic acids is 1. The first-order valence-corrected chi connectivity index (χ1v) is 15.5. The van der Waals surface area contributed by atoms with Crippen LogP contribution in [0.1, 0.15) is 67.8 Å². The molecule has 1 fully saturated rings. The molecule has 41 heavy (non-hydrogen) atoms. The summed E-state index contributed by atoms with van der Waals surface area (Å²) in [7, 11) is -4.05. The molecule has 0 atom stereocenters. The van der Waals surface area contributed by atoms with Crippen molar-refractivity contribution in [2.75, 3.05) is 0 Å². The van der Waals surface area contributed by atoms with Crippen molar-refractivity contribution >= 4 is 21.6 Å². The Kier molecular flexibility index (Phi) is 8.09. The van der Waals surface area contributed by atoms with Gasteiger partial charge in [0.15, 0.2) is 4.91 Å². The second-order valence-electron chi connectivity index (χ2n) is 10.6. The summed E-state index contributed by atoms with van der Waals surface area (Å²) < 4.78 is 27.4. The number of carbonyl (C=O) groups is 1. The van der Waals surface area contributed by atoms with E-state index in [0.717, 1.165) is 55.5 Å². The molecule has 210 valence electrons. The van der Waals surface area contributed by atoms with Gasteiger partial charge in [-0.15, -0.1) is 0 Å². The van der Waals surface area contributed by atoms with E-state index in [0.29, 0.717) is 24.2 Å². The molecule has 3 aromatic carbocycles. The van der Waals surface area contributed by atoms with Crippen LogP contribution in [0.2, 0.25) is 0 Å². The van der Waals surface area contributed by atoms with Crippen LogP contribution in [-0.2, 0) is 16.4 Å². The van der Waals surface area contributed by atoms with Gasteiger partial charge in [-0.25, -0.2) is 18.2 Å². The Balaban J connectivity index is 1.56. The number of hydrogen-bond acceptors (Lipinski definition) is 6. The van der Waals surface area contributed by atoms with E-state index in [1.807, 2.05) is 36.4 Å². The Morgan fingerprint density at radius 3 is 2.29 bits per heavy atom. The molecular weight excluding hydrogens is 534 g/mol. The fourth-order valence-corrected chi connectivity index (χ4v) is 7.38. The van der Waals surface area contributed by atoms with E-state index < -0.39 is 21.3 Å². The van der Waals surface area contributed by atoms with Crippen molar-refractivity contribution in [3.63, 3.8) is 0 Å². The first-order valence-electron chi connectivity index (χ1n) is 14.0. The number of amidine groups is 1. The first-order chi connectivity index (χ1) is 19.8. The highest BCUT2D eigenvalue weighted by Gasteiger charge is 2.51. The van der Waals surface area contributed by atoms with Gasteiger partial charge in [-0.3, -0.25) is 0 Å². The van der Waals surface area contributed by atoms with Crippen LogP contribution in [0.4, 0.5) is 0 Å². The van der Waals surface area contributed by atoms with E-state index in [1.54, 1.807) is 36.4 Å². The predicted octanol–water partition coefficient (Wildman–Crippen LogP) is 6.98. The molecule has 1 heterocycles. The molecule has 0 unspecified atom stereocenters. The lowest BCUT2D eigenvalue weighted by Gasteiger charge is -2.38. The number of benzene rings is 3. The van der Waals surface area contributed by atoms with Gasteiger partial charge in [0.25, 0.3) is 0 Å². The van der Waals surface area contributed by atoms with Crippen molar-refractivity contribution in [2.24, 2.45) is 4.99 Å². The minimum Gasteiger partial charge on any atom is -0.478 e. The number of unbranched alkanes of at least 4 members (excludes halogenated alkanes) is 1. The highest BCUT2D eigenvalue weighted by molar-refractivity contribution is 7.95. The van der Waals surface area contributed by atoms with E-state index >= 15 is 0 Å². The van der Waals surface area contributed by atoms with Crippen molar-refractivity contribution < 1.29 is 18.3 Å². The highest BCUT2D eigenvalue weighted by atomic mass is 32.2. The number of hydrogen-bond donors (Lipinski definition) is 1. The Morgan fingerprint density at radius 2 is 1.66 bits per heavy atom. The molecule has 0 amide bonds. The Bertz CT molecular complexity index is 1650. The smallest absolute Gasteiger partial charge is 0.336 e. The molecule has 0 radical (unpaired) electrons. The number of allylic oxidation sites excluding steroid dienone is 1. The number of nitrogens with zero attached hydrogens (tertiary/aromatic N) is 3. The van der Waals surface area contributed by atoms with Gasteiger partial charge in [0.1, 0.15) is 11.9 Å². The van der Waals surface area contributed by atoms with E-state index in [1.165, 1.54) is 12.1 Å². The summed E-state index contributed by atoms with van der Waals surface area (Å²) >= 11 is 0. The zero-order chi connectivity index (χ0) is 29.0. The number of carboxylic acid groups (broad SMARTS) is 1. The molecule has 1 aliphatic heterocycles. The number of sulfone groups is 1. The normalized spacial score (nSPS) is 17.4. The lowest BCUT2D eigenvalue weighted by Crippen LogP contribution is -2.46. The lowest BCUT2D eigenvalue weighted by molar-refractivity contribution is 0.0697. The van der Waals surface area contributed by atoms with Crippen LogP contribution in [0.3, 0.4) is 0 Å². The Morgan fingerprint density at radius 1 is 1.00 bits per heavy atom. The van der Waals surface area contributed by atoms with E-state index in [9.17, 15) is 23.6 Å². The third kappa shape index (κ3) is 5.30. The maximum absolute atomic E-state index is 13.7. The van der Waals surface area contributed by atoms with Gasteiger partial charge in [0.2, 0.25) is 9.84 Å². The summed E-state index contributed by atoms with van der Waals surface area (Å²) in [6, 6.07) is 24.9. The van der Waals surface area contributed by atoms with Crippen LogP contribution in [0, 0.1) is 11.3 Å². The molecule has 1 spiro atoms. The van der Waals surface area contributed by atoms with Crippen molar-refractivity contribution in [3.05, 3.63) is 101 Å². The molecule has 3 aromatic rings. The molecular formula is C33H33N3O4S. The lowest BCUT2D eigenvalue weighted by atomic mass is 9.91. The van der Waals surface area contributed by atoms with E-state index in [4.69, 9.17) is 4.99 Å². The number of rotatable bonds is 9. The third-order valence-electron chi connectivity index (χ3n) is 8.10. The monoisotopic (exact) mass is 567 g/mol. The quantitative estimate of drug-likeness (QED) is 0.279. The van der Waals surface area contributed by atoms with Crippen LogP contribution >= 0.6 is 0 Å². The van der Waals surface area contributed by atoms with Crippen LogP contribution < -0.4 is 0 Å².